The SMILES string of the molecule is CCc1cccc(NC(N)=NCC(c2ccc(F)cc2)N2CCOCC2)c1.I. The molecular weight excluding hydrogens is 470 g/mol. The number of nitrogens with one attached hydrogen (secondary N) is 1. The quantitative estimate of drug-likeness (QED) is 0.362. The summed E-state index contributed by atoms with van der Waals surface area (Å²) in [7, 11) is 0. The first kappa shape index (κ1) is 22.6. The molecule has 3 N–H and O–H groups in total. The molecule has 1 saturated heterocycles. The fraction of sp³-hybridized carbons (Fsp3) is 0.381. The number of anilines is 1. The van der Waals surface area contributed by atoms with Gasteiger partial charge in [0.05, 0.1) is 25.8 Å². The molecule has 0 amide bonds. The second-order valence-corrected chi connectivity index (χ2v) is 6.62. The molecule has 3 rings (SSSR count). The van der Waals surface area contributed by atoms with Crippen molar-refractivity contribution in [2.45, 2.75) is 19.4 Å². The lowest BCUT2D eigenvalue weighted by Crippen LogP contribution is -2.40. The number of nitrogens with zero attached hydrogens (tertiary/aromatic N) is 2. The standard InChI is InChI=1S/C21H27FN4O.HI/c1-2-16-4-3-5-19(14-16)25-21(23)24-15-20(26-10-12-27-13-11-26)17-6-8-18(22)9-7-17;/h3-9,14,20H,2,10-13,15H2,1H3,(H3,23,24,25);1H. The van der Waals surface area contributed by atoms with Gasteiger partial charge in [-0.1, -0.05) is 31.2 Å². The number of nitrogens with two attached hydrogens (primary N) is 1. The number of aryl methyl sites for hydroxylation is 1. The Kier molecular flexibility index (Phi) is 9.14. The first-order valence-electron chi connectivity index (χ1n) is 9.39. The van der Waals surface area contributed by atoms with Crippen LogP contribution in [0.1, 0.15) is 24.1 Å². The van der Waals surface area contributed by atoms with E-state index in [9.17, 15) is 4.39 Å². The molecule has 0 aromatic heterocycles. The van der Waals surface area contributed by atoms with E-state index in [0.29, 0.717) is 25.7 Å². The minimum absolute atomic E-state index is 0. The average molecular weight is 498 g/mol. The number of ether oxygens (including phenoxy) is 1. The summed E-state index contributed by atoms with van der Waals surface area (Å²) in [5, 5.41) is 3.16. The largest absolute Gasteiger partial charge is 0.379 e. The van der Waals surface area contributed by atoms with Crippen LogP contribution in [-0.4, -0.2) is 43.7 Å². The van der Waals surface area contributed by atoms with Crippen LogP contribution in [0.25, 0.3) is 0 Å². The highest BCUT2D eigenvalue weighted by molar-refractivity contribution is 14.0. The maximum Gasteiger partial charge on any atom is 0.193 e. The first-order chi connectivity index (χ1) is 13.2. The highest BCUT2D eigenvalue weighted by atomic mass is 127. The minimum atomic E-state index is -0.236. The van der Waals surface area contributed by atoms with Gasteiger partial charge in [0.25, 0.3) is 0 Å². The van der Waals surface area contributed by atoms with Gasteiger partial charge in [0.15, 0.2) is 5.96 Å². The second-order valence-electron chi connectivity index (χ2n) is 6.62. The molecule has 28 heavy (non-hydrogen) atoms. The van der Waals surface area contributed by atoms with E-state index in [1.54, 1.807) is 0 Å². The normalized spacial score (nSPS) is 16.3. The van der Waals surface area contributed by atoms with Gasteiger partial charge in [0.2, 0.25) is 0 Å². The molecule has 1 aliphatic heterocycles. The smallest absolute Gasteiger partial charge is 0.193 e. The van der Waals surface area contributed by atoms with E-state index in [0.717, 1.165) is 30.8 Å². The lowest BCUT2D eigenvalue weighted by atomic mass is 10.0. The molecule has 2 aromatic carbocycles. The summed E-state index contributed by atoms with van der Waals surface area (Å²) in [6.07, 6.45) is 0.968. The van der Waals surface area contributed by atoms with E-state index in [1.165, 1.54) is 17.7 Å². The molecule has 1 fully saturated rings. The maximum absolute atomic E-state index is 13.3. The van der Waals surface area contributed by atoms with Crippen molar-refractivity contribution in [2.75, 3.05) is 38.2 Å². The molecule has 5 nitrogen and oxygen atoms in total. The van der Waals surface area contributed by atoms with Crippen molar-refractivity contribution in [1.82, 2.24) is 4.90 Å². The number of guanidine groups is 1. The molecule has 1 heterocycles. The van der Waals surface area contributed by atoms with Gasteiger partial charge in [-0.05, 0) is 41.8 Å². The number of halogens is 2. The Balaban J connectivity index is 0.00000280. The molecule has 1 aliphatic rings. The lowest BCUT2D eigenvalue weighted by molar-refractivity contribution is 0.0180. The van der Waals surface area contributed by atoms with Gasteiger partial charge in [-0.25, -0.2) is 4.39 Å². The van der Waals surface area contributed by atoms with Crippen LogP contribution in [0.5, 0.6) is 0 Å². The number of benzene rings is 2. The fourth-order valence-electron chi connectivity index (χ4n) is 3.25. The van der Waals surface area contributed by atoms with Crippen molar-refractivity contribution >= 4 is 35.6 Å². The van der Waals surface area contributed by atoms with Crippen molar-refractivity contribution < 1.29 is 9.13 Å². The molecule has 7 heteroatoms. The molecule has 1 atom stereocenters. The van der Waals surface area contributed by atoms with Crippen LogP contribution in [0.15, 0.2) is 53.5 Å². The molecule has 2 aromatic rings. The highest BCUT2D eigenvalue weighted by Crippen LogP contribution is 2.23. The molecule has 1 unspecified atom stereocenters. The summed E-state index contributed by atoms with van der Waals surface area (Å²) >= 11 is 0. The van der Waals surface area contributed by atoms with Gasteiger partial charge in [-0.15, -0.1) is 24.0 Å². The Morgan fingerprint density at radius 1 is 1.21 bits per heavy atom. The van der Waals surface area contributed by atoms with Crippen molar-refractivity contribution in [3.63, 3.8) is 0 Å². The topological polar surface area (TPSA) is 62.9 Å². The number of hydrogen-bond acceptors (Lipinski definition) is 3. The third-order valence-electron chi connectivity index (χ3n) is 4.78. The van der Waals surface area contributed by atoms with Gasteiger partial charge in [0, 0.05) is 18.8 Å². The molecule has 0 aliphatic carbocycles. The van der Waals surface area contributed by atoms with E-state index < -0.39 is 0 Å². The molecule has 0 saturated carbocycles. The zero-order valence-electron chi connectivity index (χ0n) is 16.1. The zero-order chi connectivity index (χ0) is 19.1. The number of rotatable bonds is 6. The Labute approximate surface area is 183 Å². The Bertz CT molecular complexity index is 763. The van der Waals surface area contributed by atoms with Crippen LogP contribution in [0, 0.1) is 5.82 Å². The van der Waals surface area contributed by atoms with E-state index >= 15 is 0 Å². The predicted molar refractivity (Wildman–Crippen MR) is 123 cm³/mol. The molecule has 0 bridgehead atoms. The third-order valence-corrected chi connectivity index (χ3v) is 4.78. The first-order valence-corrected chi connectivity index (χ1v) is 9.39. The second kappa shape index (κ2) is 11.3. The van der Waals surface area contributed by atoms with Crippen LogP contribution < -0.4 is 11.1 Å². The van der Waals surface area contributed by atoms with Gasteiger partial charge in [0.1, 0.15) is 5.82 Å². The molecule has 0 spiro atoms. The van der Waals surface area contributed by atoms with Gasteiger partial charge >= 0.3 is 0 Å². The Hall–Kier alpha value is -1.71. The summed E-state index contributed by atoms with van der Waals surface area (Å²) in [4.78, 5) is 6.87. The summed E-state index contributed by atoms with van der Waals surface area (Å²) < 4.78 is 18.8. The van der Waals surface area contributed by atoms with E-state index in [2.05, 4.69) is 34.3 Å². The summed E-state index contributed by atoms with van der Waals surface area (Å²) in [5.41, 5.74) is 9.32. The van der Waals surface area contributed by atoms with Crippen LogP contribution in [0.2, 0.25) is 0 Å². The third kappa shape index (κ3) is 6.42. The van der Waals surface area contributed by atoms with Gasteiger partial charge in [-0.3, -0.25) is 9.89 Å². The number of aliphatic imine (C=N–C) groups is 1. The van der Waals surface area contributed by atoms with Crippen LogP contribution in [0.3, 0.4) is 0 Å². The minimum Gasteiger partial charge on any atom is -0.379 e. The average Bonchev–Trinajstić information content (AvgIpc) is 2.70. The molecule has 152 valence electrons. The fourth-order valence-corrected chi connectivity index (χ4v) is 3.25. The van der Waals surface area contributed by atoms with E-state index in [4.69, 9.17) is 10.5 Å². The Morgan fingerprint density at radius 3 is 2.61 bits per heavy atom. The van der Waals surface area contributed by atoms with Gasteiger partial charge in [-0.2, -0.15) is 0 Å². The molecule has 0 radical (unpaired) electrons. The zero-order valence-corrected chi connectivity index (χ0v) is 18.4. The summed E-state index contributed by atoms with van der Waals surface area (Å²) in [5.74, 6) is 0.142. The summed E-state index contributed by atoms with van der Waals surface area (Å²) in [6.45, 7) is 5.65. The van der Waals surface area contributed by atoms with Crippen LogP contribution >= 0.6 is 24.0 Å². The predicted octanol–water partition coefficient (Wildman–Crippen LogP) is 3.81. The van der Waals surface area contributed by atoms with Crippen molar-refractivity contribution in [2.24, 2.45) is 10.7 Å². The number of hydrogen-bond donors (Lipinski definition) is 2. The van der Waals surface area contributed by atoms with E-state index in [-0.39, 0.29) is 35.8 Å². The van der Waals surface area contributed by atoms with Crippen molar-refractivity contribution in [3.8, 4) is 0 Å². The van der Waals surface area contributed by atoms with Crippen molar-refractivity contribution in [3.05, 3.63) is 65.5 Å². The van der Waals surface area contributed by atoms with E-state index in [1.807, 2.05) is 24.3 Å². The number of morpholine rings is 1. The lowest BCUT2D eigenvalue weighted by Gasteiger charge is -2.34. The van der Waals surface area contributed by atoms with Gasteiger partial charge < -0.3 is 15.8 Å². The molecular formula is C21H28FIN4O. The van der Waals surface area contributed by atoms with Crippen molar-refractivity contribution in [1.29, 1.82) is 0 Å². The highest BCUT2D eigenvalue weighted by Gasteiger charge is 2.22. The monoisotopic (exact) mass is 498 g/mol. The van der Waals surface area contributed by atoms with Crippen LogP contribution in [0.4, 0.5) is 10.1 Å². The summed E-state index contributed by atoms with van der Waals surface area (Å²) in [6, 6.07) is 14.8. The Morgan fingerprint density at radius 2 is 1.93 bits per heavy atom. The van der Waals surface area contributed by atoms with Crippen LogP contribution in [-0.2, 0) is 11.2 Å². The maximum atomic E-state index is 13.3.